The fraction of sp³-hybridized carbons (Fsp3) is 0.500. The molecule has 0 aliphatic heterocycles. The van der Waals surface area contributed by atoms with E-state index in [1.165, 1.54) is 12.1 Å². The average molecular weight is 319 g/mol. The second-order valence-corrected chi connectivity index (χ2v) is 7.05. The second-order valence-electron chi connectivity index (χ2n) is 4.87. The predicted molar refractivity (Wildman–Crippen MR) is 75.3 cm³/mol. The number of halogens is 1. The van der Waals surface area contributed by atoms with Crippen molar-refractivity contribution in [3.05, 3.63) is 33.3 Å². The molecular formula is C12H15ClN2O4S. The molecule has 0 amide bonds. The summed E-state index contributed by atoms with van der Waals surface area (Å²) in [4.78, 5) is 9.94. The van der Waals surface area contributed by atoms with Crippen LogP contribution in [0.15, 0.2) is 23.1 Å². The predicted octanol–water partition coefficient (Wildman–Crippen LogP) is 2.72. The quantitative estimate of drug-likeness (QED) is 0.667. The molecule has 0 heterocycles. The molecule has 2 rings (SSSR count). The lowest BCUT2D eigenvalue weighted by molar-refractivity contribution is -0.384. The first-order valence-corrected chi connectivity index (χ1v) is 8.20. The lowest BCUT2D eigenvalue weighted by Crippen LogP contribution is -2.28. The Morgan fingerprint density at radius 2 is 2.00 bits per heavy atom. The molecule has 0 atom stereocenters. The maximum absolute atomic E-state index is 12.1. The van der Waals surface area contributed by atoms with Crippen LogP contribution in [0.5, 0.6) is 0 Å². The Kier molecular flexibility index (Phi) is 4.62. The van der Waals surface area contributed by atoms with Crippen LogP contribution in [-0.2, 0) is 10.0 Å². The largest absolute Gasteiger partial charge is 0.289 e. The van der Waals surface area contributed by atoms with E-state index in [1.54, 1.807) is 0 Å². The van der Waals surface area contributed by atoms with Crippen LogP contribution in [0.3, 0.4) is 0 Å². The van der Waals surface area contributed by atoms with Crippen LogP contribution >= 0.6 is 11.6 Å². The van der Waals surface area contributed by atoms with E-state index >= 15 is 0 Å². The van der Waals surface area contributed by atoms with E-state index in [-0.39, 0.29) is 9.92 Å². The summed E-state index contributed by atoms with van der Waals surface area (Å²) in [6.07, 6.45) is 4.28. The van der Waals surface area contributed by atoms with E-state index in [9.17, 15) is 18.5 Å². The lowest BCUT2D eigenvalue weighted by atomic mass is 10.1. The summed E-state index contributed by atoms with van der Waals surface area (Å²) in [5.41, 5.74) is -0.407. The fourth-order valence-electron chi connectivity index (χ4n) is 2.32. The van der Waals surface area contributed by atoms with E-state index in [4.69, 9.17) is 11.6 Å². The van der Waals surface area contributed by atoms with Crippen molar-refractivity contribution >= 4 is 27.3 Å². The van der Waals surface area contributed by atoms with E-state index in [0.717, 1.165) is 31.7 Å². The van der Waals surface area contributed by atoms with E-state index in [2.05, 4.69) is 4.72 Å². The Hall–Kier alpha value is -1.18. The number of hydrogen-bond acceptors (Lipinski definition) is 4. The molecular weight excluding hydrogens is 304 g/mol. The molecule has 1 aliphatic rings. The van der Waals surface area contributed by atoms with Gasteiger partial charge in [-0.1, -0.05) is 24.4 Å². The third-order valence-corrected chi connectivity index (χ3v) is 5.20. The number of nitrogens with zero attached hydrogens (tertiary/aromatic N) is 1. The minimum atomic E-state index is -3.73. The van der Waals surface area contributed by atoms with Gasteiger partial charge in [-0.2, -0.15) is 0 Å². The van der Waals surface area contributed by atoms with Crippen molar-refractivity contribution in [3.63, 3.8) is 0 Å². The summed E-state index contributed by atoms with van der Waals surface area (Å²) in [5, 5.41) is 10.7. The first-order chi connectivity index (χ1) is 9.40. The minimum Gasteiger partial charge on any atom is -0.258 e. The molecule has 20 heavy (non-hydrogen) atoms. The van der Waals surface area contributed by atoms with Crippen LogP contribution in [0, 0.1) is 16.0 Å². The molecule has 0 unspecified atom stereocenters. The fourth-order valence-corrected chi connectivity index (χ4v) is 3.65. The molecule has 0 saturated heterocycles. The Balaban J connectivity index is 2.16. The van der Waals surface area contributed by atoms with Gasteiger partial charge in [0.1, 0.15) is 5.02 Å². The molecule has 1 saturated carbocycles. The van der Waals surface area contributed by atoms with Crippen LogP contribution in [0.4, 0.5) is 5.69 Å². The van der Waals surface area contributed by atoms with Crippen molar-refractivity contribution in [2.45, 2.75) is 30.6 Å². The summed E-state index contributed by atoms with van der Waals surface area (Å²) in [6, 6.07) is 3.48. The van der Waals surface area contributed by atoms with Gasteiger partial charge in [-0.15, -0.1) is 0 Å². The van der Waals surface area contributed by atoms with E-state index in [0.29, 0.717) is 12.5 Å². The van der Waals surface area contributed by atoms with Crippen molar-refractivity contribution in [1.29, 1.82) is 0 Å². The highest BCUT2D eigenvalue weighted by Gasteiger charge is 2.22. The van der Waals surface area contributed by atoms with Crippen LogP contribution in [0.1, 0.15) is 25.7 Å². The Labute approximate surface area is 122 Å². The van der Waals surface area contributed by atoms with Crippen molar-refractivity contribution in [2.75, 3.05) is 6.54 Å². The van der Waals surface area contributed by atoms with Crippen molar-refractivity contribution in [1.82, 2.24) is 4.72 Å². The maximum Gasteiger partial charge on any atom is 0.289 e. The standard InChI is InChI=1S/C12H15ClN2O4S/c13-11-6-5-10(7-12(11)15(16)17)20(18,19)14-8-9-3-1-2-4-9/h5-7,9,14H,1-4,8H2. The first kappa shape index (κ1) is 15.2. The summed E-state index contributed by atoms with van der Waals surface area (Å²) >= 11 is 5.67. The molecule has 0 spiro atoms. The van der Waals surface area contributed by atoms with E-state index < -0.39 is 20.6 Å². The third-order valence-electron chi connectivity index (χ3n) is 3.46. The van der Waals surface area contributed by atoms with Crippen LogP contribution in [0.2, 0.25) is 5.02 Å². The Morgan fingerprint density at radius 3 is 2.60 bits per heavy atom. The normalized spacial score (nSPS) is 16.4. The second kappa shape index (κ2) is 6.07. The molecule has 1 aliphatic carbocycles. The molecule has 6 nitrogen and oxygen atoms in total. The third kappa shape index (κ3) is 3.47. The number of benzene rings is 1. The smallest absolute Gasteiger partial charge is 0.258 e. The zero-order chi connectivity index (χ0) is 14.8. The number of nitro benzene ring substituents is 1. The average Bonchev–Trinajstić information content (AvgIpc) is 2.89. The summed E-state index contributed by atoms with van der Waals surface area (Å²) in [5.74, 6) is 0.354. The number of sulfonamides is 1. The van der Waals surface area contributed by atoms with Gasteiger partial charge < -0.3 is 0 Å². The van der Waals surface area contributed by atoms with Gasteiger partial charge in [-0.25, -0.2) is 13.1 Å². The number of nitrogens with one attached hydrogen (secondary N) is 1. The molecule has 0 bridgehead atoms. The summed E-state index contributed by atoms with van der Waals surface area (Å²) in [7, 11) is -3.73. The number of hydrogen-bond donors (Lipinski definition) is 1. The van der Waals surface area contributed by atoms with Crippen molar-refractivity contribution in [3.8, 4) is 0 Å². The molecule has 0 aromatic heterocycles. The van der Waals surface area contributed by atoms with Crippen LogP contribution < -0.4 is 4.72 Å². The topological polar surface area (TPSA) is 89.3 Å². The summed E-state index contributed by atoms with van der Waals surface area (Å²) in [6.45, 7) is 0.374. The van der Waals surface area contributed by atoms with Crippen molar-refractivity contribution < 1.29 is 13.3 Å². The van der Waals surface area contributed by atoms with E-state index in [1.807, 2.05) is 0 Å². The highest BCUT2D eigenvalue weighted by Crippen LogP contribution is 2.28. The zero-order valence-electron chi connectivity index (χ0n) is 10.7. The molecule has 1 fully saturated rings. The molecule has 1 aromatic carbocycles. The lowest BCUT2D eigenvalue weighted by Gasteiger charge is -2.11. The SMILES string of the molecule is O=[N+]([O-])c1cc(S(=O)(=O)NCC2CCCC2)ccc1Cl. The Bertz CT molecular complexity index is 612. The monoisotopic (exact) mass is 318 g/mol. The van der Waals surface area contributed by atoms with Gasteiger partial charge >= 0.3 is 0 Å². The van der Waals surface area contributed by atoms with Gasteiger partial charge in [0, 0.05) is 12.6 Å². The van der Waals surface area contributed by atoms with Crippen LogP contribution in [-0.4, -0.2) is 19.9 Å². The van der Waals surface area contributed by atoms with Gasteiger partial charge in [0.15, 0.2) is 0 Å². The molecule has 1 N–H and O–H groups in total. The Morgan fingerprint density at radius 1 is 1.35 bits per heavy atom. The van der Waals surface area contributed by atoms with Crippen molar-refractivity contribution in [2.24, 2.45) is 5.92 Å². The first-order valence-electron chi connectivity index (χ1n) is 6.34. The molecule has 110 valence electrons. The maximum atomic E-state index is 12.1. The molecule has 0 radical (unpaired) electrons. The molecule has 1 aromatic rings. The number of rotatable bonds is 5. The minimum absolute atomic E-state index is 0.0789. The van der Waals surface area contributed by atoms with Gasteiger partial charge in [-0.05, 0) is 30.9 Å². The van der Waals surface area contributed by atoms with Gasteiger partial charge in [-0.3, -0.25) is 10.1 Å². The zero-order valence-corrected chi connectivity index (χ0v) is 12.3. The van der Waals surface area contributed by atoms with Crippen LogP contribution in [0.25, 0.3) is 0 Å². The highest BCUT2D eigenvalue weighted by molar-refractivity contribution is 7.89. The van der Waals surface area contributed by atoms with Gasteiger partial charge in [0.25, 0.3) is 5.69 Å². The summed E-state index contributed by atoms with van der Waals surface area (Å²) < 4.78 is 26.7. The number of nitro groups is 1. The van der Waals surface area contributed by atoms with Gasteiger partial charge in [0.2, 0.25) is 10.0 Å². The van der Waals surface area contributed by atoms with Gasteiger partial charge in [0.05, 0.1) is 9.82 Å². The highest BCUT2D eigenvalue weighted by atomic mass is 35.5. The molecule has 8 heteroatoms.